The van der Waals surface area contributed by atoms with Crippen molar-refractivity contribution in [1.29, 1.82) is 0 Å². The summed E-state index contributed by atoms with van der Waals surface area (Å²) in [5.74, 6) is 0.231. The van der Waals surface area contributed by atoms with E-state index in [1.54, 1.807) is 29.2 Å². The maximum Gasteiger partial charge on any atom is 0.322 e. The number of ether oxygens (including phenoxy) is 1. The quantitative estimate of drug-likeness (QED) is 0.447. The minimum absolute atomic E-state index is 0.0492. The van der Waals surface area contributed by atoms with Gasteiger partial charge >= 0.3 is 6.03 Å². The number of nitrogens with one attached hydrogen (secondary N) is 1. The number of phenolic OH excluding ortho intramolecular Hbond substituents is 1. The van der Waals surface area contributed by atoms with E-state index in [1.807, 2.05) is 30.3 Å². The van der Waals surface area contributed by atoms with Gasteiger partial charge in [0.1, 0.15) is 17.3 Å². The molecule has 1 aliphatic heterocycles. The number of carbonyl (C=O) groups is 1. The third kappa shape index (κ3) is 4.93. The number of hydrogen-bond acceptors (Lipinski definition) is 4. The highest BCUT2D eigenvalue weighted by molar-refractivity contribution is 5.96. The summed E-state index contributed by atoms with van der Waals surface area (Å²) < 4.78 is 18.4. The smallest absolute Gasteiger partial charge is 0.322 e. The number of hydrogen-bond donors (Lipinski definition) is 3. The summed E-state index contributed by atoms with van der Waals surface area (Å²) in [5.41, 5.74) is 1.99. The molecule has 172 valence electrons. The summed E-state index contributed by atoms with van der Waals surface area (Å²) in [6, 6.07) is 19.2. The highest BCUT2D eigenvalue weighted by Crippen LogP contribution is 2.41. The first kappa shape index (κ1) is 22.6. The molecule has 0 aliphatic carbocycles. The van der Waals surface area contributed by atoms with Crippen LogP contribution >= 0.6 is 0 Å². The lowest BCUT2D eigenvalue weighted by molar-refractivity contribution is 0.162. The molecule has 0 spiro atoms. The Balaban J connectivity index is 1.55. The molecule has 3 N–H and O–H groups in total. The lowest BCUT2D eigenvalue weighted by atomic mass is 9.93. The largest absolute Gasteiger partial charge is 0.507 e. The fourth-order valence-corrected chi connectivity index (χ4v) is 4.35. The number of amides is 2. The maximum absolute atomic E-state index is 13.1. The van der Waals surface area contributed by atoms with Crippen molar-refractivity contribution in [3.05, 3.63) is 89.7 Å². The predicted molar refractivity (Wildman–Crippen MR) is 124 cm³/mol. The number of para-hydroxylation sites is 1. The van der Waals surface area contributed by atoms with Crippen molar-refractivity contribution in [3.63, 3.8) is 0 Å². The van der Waals surface area contributed by atoms with Crippen LogP contribution in [0.1, 0.15) is 42.5 Å². The van der Waals surface area contributed by atoms with Crippen molar-refractivity contribution in [2.24, 2.45) is 0 Å². The molecule has 2 amide bonds. The molecule has 7 heteroatoms. The lowest BCUT2D eigenvalue weighted by Crippen LogP contribution is -2.29. The molecule has 0 aromatic heterocycles. The molecule has 0 saturated carbocycles. The predicted octanol–water partition coefficient (Wildman–Crippen LogP) is 5.08. The van der Waals surface area contributed by atoms with Crippen LogP contribution in [0.3, 0.4) is 0 Å². The van der Waals surface area contributed by atoms with E-state index < -0.39 is 12.1 Å². The number of aliphatic hydroxyl groups excluding tert-OH is 1. The van der Waals surface area contributed by atoms with Crippen LogP contribution < -0.4 is 15.0 Å². The topological polar surface area (TPSA) is 82.0 Å². The Kier molecular flexibility index (Phi) is 6.79. The number of benzene rings is 3. The van der Waals surface area contributed by atoms with Crippen LogP contribution in [0.5, 0.6) is 11.5 Å². The second-order valence-electron chi connectivity index (χ2n) is 8.13. The minimum Gasteiger partial charge on any atom is -0.507 e. The zero-order chi connectivity index (χ0) is 23.4. The average Bonchev–Trinajstić information content (AvgIpc) is 3.15. The van der Waals surface area contributed by atoms with Gasteiger partial charge in [-0.05, 0) is 61.2 Å². The molecule has 4 rings (SSSR count). The van der Waals surface area contributed by atoms with Crippen molar-refractivity contribution >= 4 is 11.7 Å². The van der Waals surface area contributed by atoms with Gasteiger partial charge in [-0.1, -0.05) is 30.3 Å². The third-order valence-electron chi connectivity index (χ3n) is 6.03. The van der Waals surface area contributed by atoms with Gasteiger partial charge in [0, 0.05) is 17.3 Å². The first-order valence-corrected chi connectivity index (χ1v) is 10.9. The zero-order valence-corrected chi connectivity index (χ0v) is 18.3. The fraction of sp³-hybridized carbons (Fsp3) is 0.269. The number of urea groups is 1. The number of aliphatic hydroxyl groups is 1. The van der Waals surface area contributed by atoms with Gasteiger partial charge in [0.2, 0.25) is 0 Å². The van der Waals surface area contributed by atoms with E-state index in [9.17, 15) is 19.4 Å². The Morgan fingerprint density at radius 1 is 1.09 bits per heavy atom. The van der Waals surface area contributed by atoms with Crippen molar-refractivity contribution in [2.45, 2.75) is 37.5 Å². The molecular weight excluding hydrogens is 423 g/mol. The van der Waals surface area contributed by atoms with E-state index in [0.29, 0.717) is 36.1 Å². The van der Waals surface area contributed by atoms with Crippen LogP contribution in [0.2, 0.25) is 0 Å². The van der Waals surface area contributed by atoms with Gasteiger partial charge in [0.15, 0.2) is 0 Å². The zero-order valence-electron chi connectivity index (χ0n) is 18.3. The molecule has 3 aromatic rings. The van der Waals surface area contributed by atoms with Crippen LogP contribution in [0.15, 0.2) is 72.8 Å². The third-order valence-corrected chi connectivity index (χ3v) is 6.03. The highest BCUT2D eigenvalue weighted by atomic mass is 19.1. The number of phenols is 1. The fourth-order valence-electron chi connectivity index (χ4n) is 4.35. The summed E-state index contributed by atoms with van der Waals surface area (Å²) >= 11 is 0. The molecule has 33 heavy (non-hydrogen) atoms. The number of nitrogens with zero attached hydrogens (tertiary/aromatic N) is 1. The number of rotatable bonds is 8. The number of anilines is 1. The molecule has 0 bridgehead atoms. The SMILES string of the molecule is COc1ccc([C@@H]2[C@@H](CCC[C@@H](O)c3ccc(F)cc3)NC(=O)N2c2ccccc2)c(O)c1. The average molecular weight is 451 g/mol. The van der Waals surface area contributed by atoms with E-state index in [1.165, 1.54) is 25.3 Å². The van der Waals surface area contributed by atoms with Gasteiger partial charge in [0.05, 0.1) is 25.3 Å². The van der Waals surface area contributed by atoms with Crippen LogP contribution in [0.25, 0.3) is 0 Å². The number of carbonyl (C=O) groups excluding carboxylic acids is 1. The Morgan fingerprint density at radius 2 is 1.82 bits per heavy atom. The Bertz CT molecular complexity index is 1090. The Hall–Kier alpha value is -3.58. The molecule has 3 atom stereocenters. The van der Waals surface area contributed by atoms with Gasteiger partial charge in [-0.15, -0.1) is 0 Å². The summed E-state index contributed by atoms with van der Waals surface area (Å²) in [7, 11) is 1.53. The van der Waals surface area contributed by atoms with E-state index in [0.717, 1.165) is 5.69 Å². The summed E-state index contributed by atoms with van der Waals surface area (Å²) in [5, 5.41) is 24.2. The summed E-state index contributed by atoms with van der Waals surface area (Å²) in [6.45, 7) is 0. The summed E-state index contributed by atoms with van der Waals surface area (Å²) in [6.07, 6.45) is 0.953. The van der Waals surface area contributed by atoms with Crippen molar-refractivity contribution in [1.82, 2.24) is 5.32 Å². The van der Waals surface area contributed by atoms with E-state index in [2.05, 4.69) is 5.32 Å². The van der Waals surface area contributed by atoms with Gasteiger partial charge in [-0.3, -0.25) is 4.90 Å². The second kappa shape index (κ2) is 9.92. The molecule has 0 radical (unpaired) electrons. The van der Waals surface area contributed by atoms with Crippen molar-refractivity contribution in [3.8, 4) is 11.5 Å². The number of aromatic hydroxyl groups is 1. The maximum atomic E-state index is 13.1. The van der Waals surface area contributed by atoms with Crippen molar-refractivity contribution in [2.75, 3.05) is 12.0 Å². The first-order valence-electron chi connectivity index (χ1n) is 10.9. The van der Waals surface area contributed by atoms with Crippen molar-refractivity contribution < 1.29 is 24.1 Å². The van der Waals surface area contributed by atoms with E-state index in [-0.39, 0.29) is 23.6 Å². The first-order chi connectivity index (χ1) is 16.0. The molecule has 1 aliphatic rings. The minimum atomic E-state index is -0.722. The number of methoxy groups -OCH3 is 1. The van der Waals surface area contributed by atoms with Crippen LogP contribution in [0, 0.1) is 5.82 Å². The Morgan fingerprint density at radius 3 is 2.48 bits per heavy atom. The van der Waals surface area contributed by atoms with Crippen LogP contribution in [-0.4, -0.2) is 29.4 Å². The molecule has 0 unspecified atom stereocenters. The molecule has 3 aromatic carbocycles. The molecular formula is C26H27FN2O4. The van der Waals surface area contributed by atoms with Gasteiger partial charge in [-0.25, -0.2) is 9.18 Å². The molecule has 1 saturated heterocycles. The standard InChI is InChI=1S/C26H27FN2O4/c1-33-20-14-15-21(24(31)16-20)25-22(28-26(32)29(25)19-6-3-2-4-7-19)8-5-9-23(30)17-10-12-18(27)13-11-17/h2-4,6-7,10-16,22-23,25,30-31H,5,8-9H2,1H3,(H,28,32)/t22-,23-,25-/m1/s1. The molecule has 6 nitrogen and oxygen atoms in total. The van der Waals surface area contributed by atoms with Crippen LogP contribution in [0.4, 0.5) is 14.9 Å². The van der Waals surface area contributed by atoms with E-state index >= 15 is 0 Å². The highest BCUT2D eigenvalue weighted by Gasteiger charge is 2.42. The van der Waals surface area contributed by atoms with E-state index in [4.69, 9.17) is 4.74 Å². The van der Waals surface area contributed by atoms with Crippen LogP contribution in [-0.2, 0) is 0 Å². The number of halogens is 1. The van der Waals surface area contributed by atoms with Gasteiger partial charge in [0.25, 0.3) is 0 Å². The van der Waals surface area contributed by atoms with Gasteiger partial charge in [-0.2, -0.15) is 0 Å². The normalized spacial score (nSPS) is 18.8. The molecule has 1 heterocycles. The lowest BCUT2D eigenvalue weighted by Gasteiger charge is -2.28. The second-order valence-corrected chi connectivity index (χ2v) is 8.13. The summed E-state index contributed by atoms with van der Waals surface area (Å²) in [4.78, 5) is 14.6. The monoisotopic (exact) mass is 450 g/mol. The van der Waals surface area contributed by atoms with Gasteiger partial charge < -0.3 is 20.3 Å². The molecule has 1 fully saturated rings. The Labute approximate surface area is 192 Å².